The van der Waals surface area contributed by atoms with Crippen molar-refractivity contribution >= 4 is 11.6 Å². The first kappa shape index (κ1) is 14.5. The van der Waals surface area contributed by atoms with Crippen LogP contribution in [0.3, 0.4) is 0 Å². The van der Waals surface area contributed by atoms with Crippen LogP contribution in [-0.4, -0.2) is 10.1 Å². The van der Waals surface area contributed by atoms with Crippen LogP contribution in [0.1, 0.15) is 49.9 Å². The van der Waals surface area contributed by atoms with Crippen molar-refractivity contribution in [1.29, 1.82) is 0 Å². The van der Waals surface area contributed by atoms with Crippen molar-refractivity contribution in [3.63, 3.8) is 0 Å². The third kappa shape index (κ3) is 2.97. The predicted octanol–water partition coefficient (Wildman–Crippen LogP) is 4.21. The van der Waals surface area contributed by atoms with E-state index < -0.39 is 5.54 Å². The van der Waals surface area contributed by atoms with Gasteiger partial charge in [-0.15, -0.1) is 0 Å². The lowest BCUT2D eigenvalue weighted by Crippen LogP contribution is -2.37. The maximum atomic E-state index is 6.52. The lowest BCUT2D eigenvalue weighted by molar-refractivity contribution is 0.334. The Morgan fingerprint density at radius 3 is 2.57 bits per heavy atom. The highest BCUT2D eigenvalue weighted by molar-refractivity contribution is 6.33. The van der Waals surface area contributed by atoms with E-state index in [9.17, 15) is 0 Å². The van der Waals surface area contributed by atoms with Gasteiger partial charge in [-0.2, -0.15) is 4.98 Å². The highest BCUT2D eigenvalue weighted by Gasteiger charge is 2.33. The normalized spacial score (nSPS) is 18.4. The van der Waals surface area contributed by atoms with E-state index in [1.54, 1.807) is 0 Å². The lowest BCUT2D eigenvalue weighted by Gasteiger charge is -2.23. The summed E-state index contributed by atoms with van der Waals surface area (Å²) < 4.78 is 5.41. The lowest BCUT2D eigenvalue weighted by atomic mass is 9.91. The fourth-order valence-corrected chi connectivity index (χ4v) is 3.23. The molecule has 0 saturated heterocycles. The van der Waals surface area contributed by atoms with Gasteiger partial charge in [0.25, 0.3) is 5.89 Å². The molecular formula is C16H20ClN3O. The minimum Gasteiger partial charge on any atom is -0.334 e. The average molecular weight is 306 g/mol. The van der Waals surface area contributed by atoms with E-state index in [0.29, 0.717) is 16.7 Å². The summed E-state index contributed by atoms with van der Waals surface area (Å²) in [5, 5.41) is 4.75. The Morgan fingerprint density at radius 2 is 1.90 bits per heavy atom. The zero-order valence-corrected chi connectivity index (χ0v) is 13.0. The molecule has 5 heteroatoms. The van der Waals surface area contributed by atoms with Gasteiger partial charge in [-0.25, -0.2) is 0 Å². The molecule has 1 saturated carbocycles. The molecule has 2 N–H and O–H groups in total. The third-order valence-corrected chi connectivity index (χ3v) is 4.53. The maximum absolute atomic E-state index is 6.52. The zero-order chi connectivity index (χ0) is 14.9. The fraction of sp³-hybridized carbons (Fsp3) is 0.500. The minimum atomic E-state index is -0.463. The Morgan fingerprint density at radius 1 is 1.19 bits per heavy atom. The van der Waals surface area contributed by atoms with Crippen LogP contribution < -0.4 is 5.73 Å². The van der Waals surface area contributed by atoms with Crippen LogP contribution in [0, 0.1) is 6.92 Å². The summed E-state index contributed by atoms with van der Waals surface area (Å²) in [6.07, 6.45) is 6.51. The van der Waals surface area contributed by atoms with E-state index in [4.69, 9.17) is 21.9 Å². The van der Waals surface area contributed by atoms with E-state index in [-0.39, 0.29) is 0 Å². The molecule has 0 amide bonds. The minimum absolute atomic E-state index is 0.448. The molecule has 1 heterocycles. The topological polar surface area (TPSA) is 64.9 Å². The van der Waals surface area contributed by atoms with Crippen LogP contribution in [0.15, 0.2) is 22.7 Å². The molecule has 0 aliphatic heterocycles. The molecular weight excluding hydrogens is 286 g/mol. The van der Waals surface area contributed by atoms with E-state index in [2.05, 4.69) is 10.1 Å². The number of benzene rings is 1. The molecule has 112 valence electrons. The Bertz CT molecular complexity index is 630. The second-order valence-electron chi connectivity index (χ2n) is 5.98. The van der Waals surface area contributed by atoms with Crippen LogP contribution in [-0.2, 0) is 5.54 Å². The van der Waals surface area contributed by atoms with Gasteiger partial charge in [0, 0.05) is 0 Å². The van der Waals surface area contributed by atoms with Gasteiger partial charge in [0.1, 0.15) is 0 Å². The third-order valence-electron chi connectivity index (χ3n) is 4.22. The molecule has 0 spiro atoms. The number of hydrogen-bond donors (Lipinski definition) is 1. The second-order valence-corrected chi connectivity index (χ2v) is 6.38. The van der Waals surface area contributed by atoms with Gasteiger partial charge in [-0.3, -0.25) is 0 Å². The quantitative estimate of drug-likeness (QED) is 0.844. The van der Waals surface area contributed by atoms with Crippen LogP contribution >= 0.6 is 11.6 Å². The Hall–Kier alpha value is -1.39. The van der Waals surface area contributed by atoms with E-state index in [1.807, 2.05) is 25.1 Å². The number of nitrogens with two attached hydrogens (primary N) is 1. The molecule has 0 bridgehead atoms. The van der Waals surface area contributed by atoms with Crippen molar-refractivity contribution in [1.82, 2.24) is 10.1 Å². The first-order chi connectivity index (χ1) is 10.1. The van der Waals surface area contributed by atoms with Crippen LogP contribution in [0.5, 0.6) is 0 Å². The Kier molecular flexibility index (Phi) is 4.00. The number of nitrogens with zero attached hydrogens (tertiary/aromatic N) is 2. The van der Waals surface area contributed by atoms with Crippen LogP contribution in [0.25, 0.3) is 11.5 Å². The zero-order valence-electron chi connectivity index (χ0n) is 12.2. The van der Waals surface area contributed by atoms with E-state index in [1.165, 1.54) is 12.8 Å². The number of hydrogen-bond acceptors (Lipinski definition) is 4. The fourth-order valence-electron chi connectivity index (χ4n) is 2.91. The standard InChI is InChI=1S/C16H20ClN3O/c1-11-6-7-12(13(17)10-11)14-19-15(20-21-14)16(18)8-4-2-3-5-9-16/h6-7,10H,2-5,8-9,18H2,1H3. The van der Waals surface area contributed by atoms with Crippen LogP contribution in [0.4, 0.5) is 0 Å². The molecule has 21 heavy (non-hydrogen) atoms. The Balaban J connectivity index is 1.92. The summed E-state index contributed by atoms with van der Waals surface area (Å²) in [7, 11) is 0. The molecule has 0 atom stereocenters. The first-order valence-corrected chi connectivity index (χ1v) is 7.86. The largest absolute Gasteiger partial charge is 0.334 e. The molecule has 1 aliphatic carbocycles. The van der Waals surface area contributed by atoms with Gasteiger partial charge in [0.05, 0.1) is 16.1 Å². The molecule has 1 aliphatic rings. The molecule has 1 fully saturated rings. The average Bonchev–Trinajstić information content (AvgIpc) is 2.83. The Labute approximate surface area is 129 Å². The maximum Gasteiger partial charge on any atom is 0.259 e. The molecule has 0 radical (unpaired) electrons. The van der Waals surface area contributed by atoms with Crippen molar-refractivity contribution in [2.45, 2.75) is 51.0 Å². The second kappa shape index (κ2) is 5.78. The predicted molar refractivity (Wildman–Crippen MR) is 83.0 cm³/mol. The summed E-state index contributed by atoms with van der Waals surface area (Å²) in [5.74, 6) is 1.06. The van der Waals surface area contributed by atoms with Gasteiger partial charge in [0.2, 0.25) is 0 Å². The van der Waals surface area contributed by atoms with Gasteiger partial charge in [0.15, 0.2) is 5.82 Å². The van der Waals surface area contributed by atoms with Gasteiger partial charge in [-0.1, -0.05) is 48.5 Å². The van der Waals surface area contributed by atoms with Crippen molar-refractivity contribution in [3.05, 3.63) is 34.6 Å². The number of halogens is 1. The van der Waals surface area contributed by atoms with Gasteiger partial charge < -0.3 is 10.3 Å². The van der Waals surface area contributed by atoms with E-state index in [0.717, 1.165) is 36.8 Å². The summed E-state index contributed by atoms with van der Waals surface area (Å²) in [4.78, 5) is 4.52. The van der Waals surface area contributed by atoms with Gasteiger partial charge in [-0.05, 0) is 37.5 Å². The monoisotopic (exact) mass is 305 g/mol. The molecule has 1 aromatic carbocycles. The number of rotatable bonds is 2. The SMILES string of the molecule is Cc1ccc(-c2nc(C3(N)CCCCCC3)no2)c(Cl)c1. The smallest absolute Gasteiger partial charge is 0.259 e. The number of aromatic nitrogens is 2. The van der Waals surface area contributed by atoms with Crippen LogP contribution in [0.2, 0.25) is 5.02 Å². The molecule has 3 rings (SSSR count). The summed E-state index contributed by atoms with van der Waals surface area (Å²) in [6, 6.07) is 5.78. The molecule has 2 aromatic rings. The molecule has 4 nitrogen and oxygen atoms in total. The van der Waals surface area contributed by atoms with Crippen molar-refractivity contribution in [2.24, 2.45) is 5.73 Å². The van der Waals surface area contributed by atoms with Crippen molar-refractivity contribution < 1.29 is 4.52 Å². The van der Waals surface area contributed by atoms with Crippen molar-refractivity contribution in [2.75, 3.05) is 0 Å². The van der Waals surface area contributed by atoms with Crippen molar-refractivity contribution in [3.8, 4) is 11.5 Å². The summed E-state index contributed by atoms with van der Waals surface area (Å²) >= 11 is 6.26. The highest BCUT2D eigenvalue weighted by Crippen LogP contribution is 2.34. The number of aryl methyl sites for hydroxylation is 1. The summed E-state index contributed by atoms with van der Waals surface area (Å²) in [5.41, 5.74) is 7.91. The summed E-state index contributed by atoms with van der Waals surface area (Å²) in [6.45, 7) is 2.00. The highest BCUT2D eigenvalue weighted by atomic mass is 35.5. The van der Waals surface area contributed by atoms with E-state index >= 15 is 0 Å². The molecule has 0 unspecified atom stereocenters. The first-order valence-electron chi connectivity index (χ1n) is 7.48. The molecule has 1 aromatic heterocycles. The van der Waals surface area contributed by atoms with Gasteiger partial charge >= 0.3 is 0 Å².